The van der Waals surface area contributed by atoms with Crippen LogP contribution in [0.3, 0.4) is 0 Å². The van der Waals surface area contributed by atoms with Crippen LogP contribution >= 0.6 is 0 Å². The molecule has 0 radical (unpaired) electrons. The Morgan fingerprint density at radius 2 is 1.41 bits per heavy atom. The number of carbonyl (C=O) groups excluding carboxylic acids is 6. The number of hydrogen-bond donors (Lipinski definition) is 2. The molecule has 15 nitrogen and oxygen atoms in total. The van der Waals surface area contributed by atoms with Gasteiger partial charge in [-0.3, -0.25) is 24.0 Å². The predicted octanol–water partition coefficient (Wildman–Crippen LogP) is 1.65. The highest BCUT2D eigenvalue weighted by atomic mass is 16.8. The van der Waals surface area contributed by atoms with Crippen molar-refractivity contribution in [3.05, 3.63) is 0 Å². The SMILES string of the molecule is CC(=O)O[C@H]1[C@H]2[C@H]([C@@H]3[C@@H](O)[C@@H]4[C@H](C(C)[C@H]5O[C@]56OC(=O)[C@@](C)(O)[C@]46C)[C@@]3(C)[C@H]1OC(C)=O)[C@@H](OC(=O)C(C)(C)C)C(=O)[C@H]1C[C@@H]3O[C@@H]3[C@H](OC(C)=O)[C@]21C. The number of rotatable bonds is 4. The van der Waals surface area contributed by atoms with Crippen molar-refractivity contribution >= 4 is 35.6 Å². The van der Waals surface area contributed by atoms with Gasteiger partial charge in [0.15, 0.2) is 17.5 Å². The molecule has 8 rings (SSSR count). The Balaban J connectivity index is 1.41. The molecule has 15 heteroatoms. The summed E-state index contributed by atoms with van der Waals surface area (Å²) in [6, 6.07) is 0. The van der Waals surface area contributed by atoms with Crippen LogP contribution in [0.2, 0.25) is 0 Å². The summed E-state index contributed by atoms with van der Waals surface area (Å²) in [6.45, 7) is 17.1. The Bertz CT molecular complexity index is 1750. The highest BCUT2D eigenvalue weighted by molar-refractivity contribution is 5.91. The van der Waals surface area contributed by atoms with Gasteiger partial charge in [0.2, 0.25) is 5.79 Å². The average Bonchev–Trinajstić information content (AvgIpc) is 3.95. The minimum atomic E-state index is -2.15. The number of aliphatic hydroxyl groups excluding tert-OH is 1. The number of fused-ring (bicyclic) bond motifs is 9. The molecule has 0 aromatic carbocycles. The molecule has 0 bridgehead atoms. The van der Waals surface area contributed by atoms with Crippen molar-refractivity contribution in [3.63, 3.8) is 0 Å². The van der Waals surface area contributed by atoms with E-state index in [1.807, 2.05) is 6.92 Å². The minimum absolute atomic E-state index is 0.199. The van der Waals surface area contributed by atoms with Crippen LogP contribution in [0.1, 0.15) is 82.6 Å². The Morgan fingerprint density at radius 3 is 1.98 bits per heavy atom. The fraction of sp³-hybridized carbons (Fsp3) is 0.846. The fourth-order valence-corrected chi connectivity index (χ4v) is 13.3. The maximum absolute atomic E-state index is 15.2. The van der Waals surface area contributed by atoms with E-state index in [2.05, 4.69) is 0 Å². The van der Waals surface area contributed by atoms with Gasteiger partial charge in [0, 0.05) is 61.2 Å². The molecule has 20 atom stereocenters. The normalized spacial score (nSPS) is 54.5. The second-order valence-corrected chi connectivity index (χ2v) is 19.2. The molecule has 1 unspecified atom stereocenters. The second-order valence-electron chi connectivity index (χ2n) is 19.2. The van der Waals surface area contributed by atoms with Gasteiger partial charge in [-0.15, -0.1) is 0 Å². The first-order valence-electron chi connectivity index (χ1n) is 19.1. The van der Waals surface area contributed by atoms with E-state index in [0.29, 0.717) is 0 Å². The standard InChI is InChI=1S/C39H52O15/c1-13-20-23(37(10)38(11,47)33(46)54-39(37)29(13)53-39)25(44)21-19-22(28(48-14(2)40)31(36(20,21)9)50-16(4)42)35(8)17(12-18-26(51-18)30(35)49-15(3)41)24(43)27(19)52-32(45)34(5,6)7/h13,17-23,25-31,44,47H,12H2,1-11H3/t13?,17-,18+,19+,20+,21-,22-,23+,25-,26+,27-,28+,29-,30+,31+,35+,36-,37+,38-,39+/m1/s1. The summed E-state index contributed by atoms with van der Waals surface area (Å²) in [5, 5.41) is 25.2. The summed E-state index contributed by atoms with van der Waals surface area (Å²) in [7, 11) is 0. The number of epoxide rings is 2. The number of esters is 5. The average molecular weight is 761 g/mol. The maximum atomic E-state index is 15.2. The van der Waals surface area contributed by atoms with Crippen LogP contribution in [-0.4, -0.2) is 106 Å². The van der Waals surface area contributed by atoms with E-state index in [9.17, 15) is 34.2 Å². The van der Waals surface area contributed by atoms with Gasteiger partial charge < -0.3 is 43.4 Å². The van der Waals surface area contributed by atoms with E-state index >= 15 is 4.79 Å². The molecule has 8 fully saturated rings. The van der Waals surface area contributed by atoms with E-state index in [4.69, 9.17) is 33.2 Å². The Morgan fingerprint density at radius 1 is 0.815 bits per heavy atom. The minimum Gasteiger partial charge on any atom is -0.459 e. The van der Waals surface area contributed by atoms with Crippen LogP contribution in [0.15, 0.2) is 0 Å². The quantitative estimate of drug-likeness (QED) is 0.237. The van der Waals surface area contributed by atoms with Gasteiger partial charge in [-0.2, -0.15) is 0 Å². The van der Waals surface area contributed by atoms with Crippen LogP contribution in [0.4, 0.5) is 0 Å². The predicted molar refractivity (Wildman–Crippen MR) is 179 cm³/mol. The Kier molecular flexibility index (Phi) is 7.72. The zero-order valence-electron chi connectivity index (χ0n) is 32.6. The molecule has 54 heavy (non-hydrogen) atoms. The van der Waals surface area contributed by atoms with E-state index in [1.165, 1.54) is 27.7 Å². The Labute approximate surface area is 313 Å². The zero-order valence-corrected chi connectivity index (χ0v) is 32.6. The lowest BCUT2D eigenvalue weighted by Crippen LogP contribution is -2.75. The highest BCUT2D eigenvalue weighted by Crippen LogP contribution is 2.80. The van der Waals surface area contributed by atoms with Gasteiger partial charge >= 0.3 is 29.8 Å². The molecule has 298 valence electrons. The molecule has 3 saturated heterocycles. The molecular weight excluding hydrogens is 708 g/mol. The number of aliphatic hydroxyl groups is 2. The van der Waals surface area contributed by atoms with E-state index in [0.717, 1.165) is 0 Å². The summed E-state index contributed by atoms with van der Waals surface area (Å²) >= 11 is 0. The first-order chi connectivity index (χ1) is 24.8. The number of carbonyl (C=O) groups is 6. The lowest BCUT2D eigenvalue weighted by atomic mass is 9.41. The first-order valence-corrected chi connectivity index (χ1v) is 19.1. The second kappa shape index (κ2) is 11.0. The van der Waals surface area contributed by atoms with Gasteiger partial charge in [0.1, 0.15) is 30.5 Å². The molecule has 0 amide bonds. The molecule has 1 spiro atoms. The van der Waals surface area contributed by atoms with Gasteiger partial charge in [-0.05, 0) is 52.9 Å². The third-order valence-electron chi connectivity index (χ3n) is 15.5. The van der Waals surface area contributed by atoms with Crippen molar-refractivity contribution in [1.82, 2.24) is 0 Å². The van der Waals surface area contributed by atoms with Gasteiger partial charge in [-0.25, -0.2) is 4.79 Å². The summed E-state index contributed by atoms with van der Waals surface area (Å²) < 4.78 is 43.0. The van der Waals surface area contributed by atoms with Crippen LogP contribution in [-0.2, 0) is 61.9 Å². The molecule has 0 aromatic heterocycles. The monoisotopic (exact) mass is 760 g/mol. The fourth-order valence-electron chi connectivity index (χ4n) is 13.3. The topological polar surface area (TPSA) is 214 Å². The highest BCUT2D eigenvalue weighted by Gasteiger charge is 2.93. The summed E-state index contributed by atoms with van der Waals surface area (Å²) in [5.74, 6) is -12.0. The molecule has 5 saturated carbocycles. The smallest absolute Gasteiger partial charge is 0.341 e. The van der Waals surface area contributed by atoms with Crippen LogP contribution in [0.25, 0.3) is 0 Å². The van der Waals surface area contributed by atoms with Crippen molar-refractivity contribution in [2.75, 3.05) is 0 Å². The summed E-state index contributed by atoms with van der Waals surface area (Å²) in [6.07, 6.45) is -8.11. The van der Waals surface area contributed by atoms with Gasteiger partial charge in [-0.1, -0.05) is 20.8 Å². The van der Waals surface area contributed by atoms with Crippen molar-refractivity contribution in [1.29, 1.82) is 0 Å². The summed E-state index contributed by atoms with van der Waals surface area (Å²) in [4.78, 5) is 81.9. The summed E-state index contributed by atoms with van der Waals surface area (Å²) in [5.41, 5.74) is -7.50. The number of Topliss-reactive ketones (excluding diaryl/α,β-unsaturated/α-hetero) is 1. The largest absolute Gasteiger partial charge is 0.459 e. The van der Waals surface area contributed by atoms with Crippen molar-refractivity contribution in [2.24, 2.45) is 63.1 Å². The van der Waals surface area contributed by atoms with Gasteiger partial charge in [0.25, 0.3) is 0 Å². The maximum Gasteiger partial charge on any atom is 0.341 e. The molecular formula is C39H52O15. The van der Waals surface area contributed by atoms with Crippen LogP contribution in [0, 0.1) is 63.1 Å². The molecule has 3 aliphatic heterocycles. The van der Waals surface area contributed by atoms with Crippen LogP contribution < -0.4 is 0 Å². The van der Waals surface area contributed by atoms with Crippen molar-refractivity contribution < 1.29 is 72.1 Å². The van der Waals surface area contributed by atoms with Gasteiger partial charge in [0.05, 0.1) is 23.0 Å². The molecule has 3 heterocycles. The van der Waals surface area contributed by atoms with E-state index in [-0.39, 0.29) is 6.42 Å². The zero-order chi connectivity index (χ0) is 39.8. The third-order valence-corrected chi connectivity index (χ3v) is 15.5. The van der Waals surface area contributed by atoms with Crippen molar-refractivity contribution in [2.45, 2.75) is 143 Å². The molecule has 5 aliphatic carbocycles. The number of hydrogen-bond acceptors (Lipinski definition) is 15. The van der Waals surface area contributed by atoms with E-state index < -0.39 is 159 Å². The first kappa shape index (κ1) is 37.8. The van der Waals surface area contributed by atoms with E-state index in [1.54, 1.807) is 41.5 Å². The lowest BCUT2D eigenvalue weighted by molar-refractivity contribution is -0.275. The molecule has 8 aliphatic rings. The Hall–Kier alpha value is -3.14. The number of ether oxygens (including phenoxy) is 7. The third kappa shape index (κ3) is 4.33. The van der Waals surface area contributed by atoms with Crippen LogP contribution in [0.5, 0.6) is 0 Å². The van der Waals surface area contributed by atoms with Crippen molar-refractivity contribution in [3.8, 4) is 0 Å². The lowest BCUT2D eigenvalue weighted by Gasteiger charge is -2.65. The molecule has 2 N–H and O–H groups in total. The number of ketones is 1. The molecule has 0 aromatic rings.